The number of fused-ring (bicyclic) bond motifs is 2. The van der Waals surface area contributed by atoms with Crippen LogP contribution >= 0.6 is 0 Å². The molecule has 0 heterocycles. The van der Waals surface area contributed by atoms with Crippen molar-refractivity contribution in [1.29, 1.82) is 0 Å². The number of benzene rings is 2. The fourth-order valence-corrected chi connectivity index (χ4v) is 3.48. The summed E-state index contributed by atoms with van der Waals surface area (Å²) in [4.78, 5) is 49.4. The minimum Gasteiger partial charge on any atom is -0.349 e. The summed E-state index contributed by atoms with van der Waals surface area (Å²) >= 11 is 0. The predicted molar refractivity (Wildman–Crippen MR) is 107 cm³/mol. The Kier molecular flexibility index (Phi) is 5.68. The molecule has 2 aromatic carbocycles. The van der Waals surface area contributed by atoms with E-state index in [-0.39, 0.29) is 33.9 Å². The number of unbranched alkanes of at least 4 members (excludes halogenated alkanes) is 1. The average molecular weight is 392 g/mol. The van der Waals surface area contributed by atoms with Crippen molar-refractivity contribution < 1.29 is 19.3 Å². The number of rotatable bonds is 7. The van der Waals surface area contributed by atoms with Gasteiger partial charge in [-0.2, -0.15) is 0 Å². The maximum atomic E-state index is 13.0. The second-order valence-electron chi connectivity index (χ2n) is 6.94. The van der Waals surface area contributed by atoms with E-state index in [4.69, 9.17) is 0 Å². The largest absolute Gasteiger partial charge is 0.349 e. The van der Waals surface area contributed by atoms with Gasteiger partial charge in [0.2, 0.25) is 5.78 Å². The van der Waals surface area contributed by atoms with Gasteiger partial charge in [0.15, 0.2) is 5.78 Å². The lowest BCUT2D eigenvalue weighted by Crippen LogP contribution is -2.33. The molecule has 29 heavy (non-hydrogen) atoms. The van der Waals surface area contributed by atoms with Crippen molar-refractivity contribution in [2.24, 2.45) is 0 Å². The molecule has 0 bridgehead atoms. The Morgan fingerprint density at radius 3 is 2.41 bits per heavy atom. The summed E-state index contributed by atoms with van der Waals surface area (Å²) in [6.45, 7) is 5.45. The molecule has 0 radical (unpaired) electrons. The van der Waals surface area contributed by atoms with Gasteiger partial charge in [0.1, 0.15) is 11.1 Å². The van der Waals surface area contributed by atoms with Gasteiger partial charge in [-0.05, 0) is 38.3 Å². The van der Waals surface area contributed by atoms with Crippen molar-refractivity contribution in [1.82, 2.24) is 5.32 Å². The number of carbonyl (C=O) groups is 3. The topological polar surface area (TPSA) is 106 Å². The minimum absolute atomic E-state index is 0.0593. The molecule has 1 N–H and O–H groups in total. The van der Waals surface area contributed by atoms with Crippen LogP contribution in [0.4, 0.5) is 5.69 Å². The highest BCUT2D eigenvalue weighted by molar-refractivity contribution is 6.30. The van der Waals surface area contributed by atoms with Crippen LogP contribution in [0.3, 0.4) is 0 Å². The quantitative estimate of drug-likeness (QED) is 0.284. The highest BCUT2D eigenvalue weighted by Gasteiger charge is 2.38. The van der Waals surface area contributed by atoms with Gasteiger partial charge in [0.05, 0.1) is 4.92 Å². The van der Waals surface area contributed by atoms with Gasteiger partial charge in [0, 0.05) is 22.7 Å². The fourth-order valence-electron chi connectivity index (χ4n) is 3.48. The fraction of sp³-hybridized carbons (Fsp3) is 0.227. The number of hydrogen-bond acceptors (Lipinski definition) is 5. The van der Waals surface area contributed by atoms with Crippen LogP contribution in [0.15, 0.2) is 49.1 Å². The number of carbonyl (C=O) groups excluding carboxylic acids is 3. The summed E-state index contributed by atoms with van der Waals surface area (Å²) < 4.78 is 0. The minimum atomic E-state index is -0.769. The summed E-state index contributed by atoms with van der Waals surface area (Å²) in [6.07, 6.45) is 4.08. The van der Waals surface area contributed by atoms with Gasteiger partial charge in [0.25, 0.3) is 11.6 Å². The second kappa shape index (κ2) is 8.18. The highest BCUT2D eigenvalue weighted by Crippen LogP contribution is 2.35. The van der Waals surface area contributed by atoms with Crippen molar-refractivity contribution in [3.63, 3.8) is 0 Å². The molecule has 0 saturated heterocycles. The summed E-state index contributed by atoms with van der Waals surface area (Å²) in [5, 5.41) is 14.5. The van der Waals surface area contributed by atoms with E-state index in [9.17, 15) is 24.5 Å². The predicted octanol–water partition coefficient (Wildman–Crippen LogP) is 3.84. The molecule has 1 aliphatic rings. The lowest BCUT2D eigenvalue weighted by Gasteiger charge is -2.19. The first-order chi connectivity index (χ1) is 13.9. The number of allylic oxidation sites excluding steroid dienone is 1. The van der Waals surface area contributed by atoms with E-state index >= 15 is 0 Å². The molecule has 0 spiro atoms. The zero-order valence-electron chi connectivity index (χ0n) is 15.9. The van der Waals surface area contributed by atoms with Gasteiger partial charge in [-0.1, -0.05) is 30.3 Å². The number of nitrogens with zero attached hydrogens (tertiary/aromatic N) is 1. The van der Waals surface area contributed by atoms with Crippen LogP contribution in [0.5, 0.6) is 0 Å². The van der Waals surface area contributed by atoms with Crippen LogP contribution in [-0.2, 0) is 0 Å². The third kappa shape index (κ3) is 3.71. The first-order valence-electron chi connectivity index (χ1n) is 9.28. The van der Waals surface area contributed by atoms with Crippen LogP contribution in [0.25, 0.3) is 0 Å². The molecule has 148 valence electrons. The van der Waals surface area contributed by atoms with Crippen LogP contribution in [0, 0.1) is 10.1 Å². The monoisotopic (exact) mass is 392 g/mol. The zero-order chi connectivity index (χ0) is 21.1. The summed E-state index contributed by atoms with van der Waals surface area (Å²) in [5.41, 5.74) is -0.951. The van der Waals surface area contributed by atoms with Crippen molar-refractivity contribution in [3.8, 4) is 0 Å². The summed E-state index contributed by atoms with van der Waals surface area (Å²) in [7, 11) is 0. The van der Waals surface area contributed by atoms with Crippen LogP contribution in [0.1, 0.15) is 68.4 Å². The third-order valence-electron chi connectivity index (χ3n) is 4.92. The molecule has 7 nitrogen and oxygen atoms in total. The standard InChI is InChI=1S/C22H20N2O5/c1-3-4-5-8-13(2)23-22(27)17-12-11-16-18(19(17)24(28)29)21(26)15-10-7-6-9-14(15)20(16)25/h3,6-7,9-13H,1,4-5,8H2,2H3,(H,23,27). The van der Waals surface area contributed by atoms with Crippen LogP contribution in [-0.4, -0.2) is 28.4 Å². The Hall–Kier alpha value is -3.61. The smallest absolute Gasteiger partial charge is 0.294 e. The van der Waals surface area contributed by atoms with Gasteiger partial charge in [-0.15, -0.1) is 6.58 Å². The Morgan fingerprint density at radius 2 is 1.79 bits per heavy atom. The molecule has 1 aliphatic carbocycles. The molecule has 2 aromatic rings. The maximum absolute atomic E-state index is 13.0. The van der Waals surface area contributed by atoms with E-state index < -0.39 is 28.1 Å². The molecule has 0 fully saturated rings. The van der Waals surface area contributed by atoms with Gasteiger partial charge < -0.3 is 5.32 Å². The Balaban J connectivity index is 2.03. The van der Waals surface area contributed by atoms with Crippen molar-refractivity contribution in [2.75, 3.05) is 0 Å². The SMILES string of the molecule is C=CCCCC(C)NC(=O)c1ccc2c(c1[N+](=O)[O-])C(=O)c1ccccc1C2=O. The number of nitrogens with one attached hydrogen (secondary N) is 1. The van der Waals surface area contributed by atoms with Crippen LogP contribution in [0.2, 0.25) is 0 Å². The van der Waals surface area contributed by atoms with E-state index in [0.717, 1.165) is 12.8 Å². The molecule has 0 aliphatic heterocycles. The van der Waals surface area contributed by atoms with Crippen LogP contribution < -0.4 is 5.32 Å². The molecule has 1 amide bonds. The van der Waals surface area contributed by atoms with Crippen molar-refractivity contribution in [3.05, 3.63) is 87.0 Å². The zero-order valence-corrected chi connectivity index (χ0v) is 15.9. The molecular weight excluding hydrogens is 372 g/mol. The van der Waals surface area contributed by atoms with Crippen molar-refractivity contribution >= 4 is 23.2 Å². The summed E-state index contributed by atoms with van der Waals surface area (Å²) in [6, 6.07) is 8.52. The lowest BCUT2D eigenvalue weighted by atomic mass is 9.82. The molecule has 0 aromatic heterocycles. The highest BCUT2D eigenvalue weighted by atomic mass is 16.6. The van der Waals surface area contributed by atoms with Gasteiger partial charge in [-0.3, -0.25) is 24.5 Å². The molecule has 1 unspecified atom stereocenters. The molecule has 3 rings (SSSR count). The Morgan fingerprint density at radius 1 is 1.14 bits per heavy atom. The number of nitro benzene ring substituents is 1. The first kappa shape index (κ1) is 20.1. The second-order valence-corrected chi connectivity index (χ2v) is 6.94. The number of nitro groups is 1. The Labute approximate surface area is 167 Å². The molecule has 1 atom stereocenters. The number of amides is 1. The van der Waals surface area contributed by atoms with Gasteiger partial charge in [-0.25, -0.2) is 0 Å². The maximum Gasteiger partial charge on any atom is 0.294 e. The molecular formula is C22H20N2O5. The first-order valence-corrected chi connectivity index (χ1v) is 9.28. The van der Waals surface area contributed by atoms with E-state index in [1.807, 2.05) is 0 Å². The van der Waals surface area contributed by atoms with E-state index in [1.165, 1.54) is 24.3 Å². The summed E-state index contributed by atoms with van der Waals surface area (Å²) in [5.74, 6) is -1.75. The van der Waals surface area contributed by atoms with E-state index in [1.54, 1.807) is 25.1 Å². The van der Waals surface area contributed by atoms with E-state index in [2.05, 4.69) is 11.9 Å². The number of ketones is 2. The lowest BCUT2D eigenvalue weighted by molar-refractivity contribution is -0.385. The number of hydrogen-bond donors (Lipinski definition) is 1. The van der Waals surface area contributed by atoms with Crippen molar-refractivity contribution in [2.45, 2.75) is 32.2 Å². The molecule has 7 heteroatoms. The Bertz CT molecular complexity index is 1040. The van der Waals surface area contributed by atoms with E-state index in [0.29, 0.717) is 6.42 Å². The average Bonchev–Trinajstić information content (AvgIpc) is 2.71. The third-order valence-corrected chi connectivity index (χ3v) is 4.92. The normalized spacial score (nSPS) is 13.3. The molecule has 0 saturated carbocycles. The van der Waals surface area contributed by atoms with Gasteiger partial charge >= 0.3 is 0 Å².